The Bertz CT molecular complexity index is 1060. The van der Waals surface area contributed by atoms with Crippen LogP contribution in [0.2, 0.25) is 0 Å². The molecule has 0 bridgehead atoms. The van der Waals surface area contributed by atoms with Crippen molar-refractivity contribution >= 4 is 11.9 Å². The Labute approximate surface area is 399 Å². The number of carbonyl (C=O) groups is 2. The minimum atomic E-state index is -0.421. The van der Waals surface area contributed by atoms with Gasteiger partial charge in [0.2, 0.25) is 0 Å². The van der Waals surface area contributed by atoms with Crippen LogP contribution in [0.15, 0.2) is 48.6 Å². The van der Waals surface area contributed by atoms with Gasteiger partial charge in [-0.05, 0) is 77.0 Å². The van der Waals surface area contributed by atoms with Crippen molar-refractivity contribution in [2.24, 2.45) is 0 Å². The van der Waals surface area contributed by atoms with E-state index < -0.39 is 6.10 Å². The van der Waals surface area contributed by atoms with E-state index in [2.05, 4.69) is 69.4 Å². The monoisotopic (exact) mass is 897 g/mol. The topological polar surface area (TPSA) is 61.8 Å². The molecule has 0 N–H and O–H groups in total. The van der Waals surface area contributed by atoms with Gasteiger partial charge in [0.05, 0.1) is 0 Å². The van der Waals surface area contributed by atoms with Crippen molar-refractivity contribution in [2.75, 3.05) is 19.8 Å². The molecule has 0 rings (SSSR count). The molecule has 0 aliphatic rings. The van der Waals surface area contributed by atoms with Gasteiger partial charge >= 0.3 is 11.9 Å². The van der Waals surface area contributed by atoms with E-state index >= 15 is 0 Å². The van der Waals surface area contributed by atoms with E-state index in [1.54, 1.807) is 0 Å². The van der Waals surface area contributed by atoms with Crippen LogP contribution < -0.4 is 0 Å². The SMILES string of the molecule is CCCCCCCC/C=C\C/C=C\C/C=C\CCCC(=O)OC[C@H](COC(=O)CCCCCCC/C=C\CCCCCCCC)OCCCCCCCCCCCCCCCCCC. The van der Waals surface area contributed by atoms with Gasteiger partial charge in [-0.2, -0.15) is 0 Å². The highest BCUT2D eigenvalue weighted by Gasteiger charge is 2.16. The largest absolute Gasteiger partial charge is 0.463 e. The van der Waals surface area contributed by atoms with Crippen molar-refractivity contribution in [1.82, 2.24) is 0 Å². The first kappa shape index (κ1) is 61.9. The van der Waals surface area contributed by atoms with Gasteiger partial charge in [0.25, 0.3) is 0 Å². The zero-order valence-corrected chi connectivity index (χ0v) is 43.1. The predicted molar refractivity (Wildman–Crippen MR) is 279 cm³/mol. The summed E-state index contributed by atoms with van der Waals surface area (Å²) in [6, 6.07) is 0. The summed E-state index contributed by atoms with van der Waals surface area (Å²) in [6.45, 7) is 7.70. The van der Waals surface area contributed by atoms with Crippen LogP contribution >= 0.6 is 0 Å². The average molecular weight is 898 g/mol. The molecule has 374 valence electrons. The standard InChI is InChI=1S/C59H108O5/c1-4-7-10-13-16-19-22-25-28-30-32-35-38-41-44-47-50-53-59(61)64-56-57(62-54-51-48-45-42-39-36-33-29-26-23-20-17-14-11-8-5-2)55-63-58(60)52-49-46-43-40-37-34-31-27-24-21-18-15-12-9-6-3/h25,27-28,31-32,35,41,44,57H,4-24,26,29-30,33-34,36-40,42-43,45-56H2,1-3H3/b28-25-,31-27-,35-32-,44-41-/t57-/m0/s1. The number of hydrogen-bond donors (Lipinski definition) is 0. The molecule has 0 saturated carbocycles. The lowest BCUT2D eigenvalue weighted by Crippen LogP contribution is -2.29. The van der Waals surface area contributed by atoms with Crippen LogP contribution in [-0.2, 0) is 23.8 Å². The summed E-state index contributed by atoms with van der Waals surface area (Å²) in [5.41, 5.74) is 0. The Kier molecular flexibility index (Phi) is 53.3. The van der Waals surface area contributed by atoms with E-state index in [1.165, 1.54) is 193 Å². The van der Waals surface area contributed by atoms with E-state index in [9.17, 15) is 9.59 Å². The van der Waals surface area contributed by atoms with Gasteiger partial charge in [0, 0.05) is 19.4 Å². The molecule has 0 radical (unpaired) electrons. The van der Waals surface area contributed by atoms with Gasteiger partial charge in [-0.25, -0.2) is 0 Å². The van der Waals surface area contributed by atoms with Gasteiger partial charge in [0.1, 0.15) is 19.3 Å². The molecule has 1 atom stereocenters. The number of hydrogen-bond acceptors (Lipinski definition) is 5. The van der Waals surface area contributed by atoms with Crippen LogP contribution in [0.3, 0.4) is 0 Å². The number of unbranched alkanes of at least 4 members (excludes halogenated alkanes) is 33. The number of allylic oxidation sites excluding steroid dienone is 8. The summed E-state index contributed by atoms with van der Waals surface area (Å²) in [4.78, 5) is 25.2. The molecule has 0 aliphatic heterocycles. The zero-order chi connectivity index (χ0) is 46.3. The molecular formula is C59H108O5. The predicted octanol–water partition coefficient (Wildman–Crippen LogP) is 19.1. The molecule has 0 amide bonds. The first-order chi connectivity index (χ1) is 31.6. The van der Waals surface area contributed by atoms with Crippen molar-refractivity contribution in [3.63, 3.8) is 0 Å². The van der Waals surface area contributed by atoms with Gasteiger partial charge < -0.3 is 14.2 Å². The fraction of sp³-hybridized carbons (Fsp3) is 0.831. The van der Waals surface area contributed by atoms with Crippen molar-refractivity contribution in [3.05, 3.63) is 48.6 Å². The normalized spacial score (nSPS) is 12.5. The highest BCUT2D eigenvalue weighted by Crippen LogP contribution is 2.15. The highest BCUT2D eigenvalue weighted by molar-refractivity contribution is 5.69. The quantitative estimate of drug-likeness (QED) is 0.0346. The van der Waals surface area contributed by atoms with E-state index in [0.29, 0.717) is 19.4 Å². The molecule has 0 saturated heterocycles. The highest BCUT2D eigenvalue weighted by atomic mass is 16.6. The summed E-state index contributed by atoms with van der Waals surface area (Å²) in [7, 11) is 0. The van der Waals surface area contributed by atoms with Gasteiger partial charge in [-0.1, -0.05) is 249 Å². The maximum Gasteiger partial charge on any atom is 0.305 e. The molecule has 0 aromatic rings. The van der Waals surface area contributed by atoms with Gasteiger partial charge in [-0.15, -0.1) is 0 Å². The third kappa shape index (κ3) is 52.5. The van der Waals surface area contributed by atoms with Crippen LogP contribution in [0.25, 0.3) is 0 Å². The average Bonchev–Trinajstić information content (AvgIpc) is 3.30. The van der Waals surface area contributed by atoms with Crippen LogP contribution in [0.5, 0.6) is 0 Å². The van der Waals surface area contributed by atoms with Crippen LogP contribution in [0.1, 0.15) is 290 Å². The molecule has 64 heavy (non-hydrogen) atoms. The summed E-state index contributed by atoms with van der Waals surface area (Å²) >= 11 is 0. The lowest BCUT2D eigenvalue weighted by Gasteiger charge is -2.18. The van der Waals surface area contributed by atoms with Crippen LogP contribution in [0, 0.1) is 0 Å². The number of rotatable bonds is 52. The van der Waals surface area contributed by atoms with E-state index in [0.717, 1.165) is 64.2 Å². The van der Waals surface area contributed by atoms with Crippen LogP contribution in [-0.4, -0.2) is 37.9 Å². The van der Waals surface area contributed by atoms with Crippen LogP contribution in [0.4, 0.5) is 0 Å². The van der Waals surface area contributed by atoms with E-state index in [1.807, 2.05) is 0 Å². The minimum Gasteiger partial charge on any atom is -0.463 e. The zero-order valence-electron chi connectivity index (χ0n) is 43.1. The number of ether oxygens (including phenoxy) is 3. The van der Waals surface area contributed by atoms with Gasteiger partial charge in [-0.3, -0.25) is 9.59 Å². The lowest BCUT2D eigenvalue weighted by atomic mass is 10.0. The number of esters is 2. The summed E-state index contributed by atoms with van der Waals surface area (Å²) in [5.74, 6) is -0.391. The Morgan fingerprint density at radius 1 is 0.328 bits per heavy atom. The van der Waals surface area contributed by atoms with Gasteiger partial charge in [0.15, 0.2) is 0 Å². The molecule has 0 heterocycles. The molecule has 5 nitrogen and oxygen atoms in total. The van der Waals surface area contributed by atoms with Crippen molar-refractivity contribution in [3.8, 4) is 0 Å². The summed E-state index contributed by atoms with van der Waals surface area (Å²) in [6.07, 6.45) is 68.7. The third-order valence-corrected chi connectivity index (χ3v) is 12.4. The molecule has 0 aromatic carbocycles. The summed E-state index contributed by atoms with van der Waals surface area (Å²) in [5, 5.41) is 0. The molecule has 0 aliphatic carbocycles. The van der Waals surface area contributed by atoms with E-state index in [4.69, 9.17) is 14.2 Å². The molecule has 0 unspecified atom stereocenters. The van der Waals surface area contributed by atoms with Crippen molar-refractivity contribution < 1.29 is 23.8 Å². The molecule has 0 aromatic heterocycles. The lowest BCUT2D eigenvalue weighted by molar-refractivity contribution is -0.155. The second-order valence-electron chi connectivity index (χ2n) is 18.8. The molecule has 0 spiro atoms. The maximum atomic E-state index is 12.6. The Balaban J connectivity index is 4.32. The second-order valence-corrected chi connectivity index (χ2v) is 18.8. The van der Waals surface area contributed by atoms with E-state index in [-0.39, 0.29) is 25.2 Å². The minimum absolute atomic E-state index is 0.131. The maximum absolute atomic E-state index is 12.6. The first-order valence-corrected chi connectivity index (χ1v) is 28.2. The number of carbonyl (C=O) groups excluding carboxylic acids is 2. The second kappa shape index (κ2) is 55.2. The third-order valence-electron chi connectivity index (χ3n) is 12.4. The molecular weight excluding hydrogens is 789 g/mol. The molecule has 5 heteroatoms. The van der Waals surface area contributed by atoms with Crippen molar-refractivity contribution in [1.29, 1.82) is 0 Å². The molecule has 0 fully saturated rings. The Morgan fingerprint density at radius 2 is 0.609 bits per heavy atom. The smallest absolute Gasteiger partial charge is 0.305 e. The Morgan fingerprint density at radius 3 is 1.00 bits per heavy atom. The van der Waals surface area contributed by atoms with Crippen molar-refractivity contribution in [2.45, 2.75) is 297 Å². The fourth-order valence-corrected chi connectivity index (χ4v) is 8.09. The fourth-order valence-electron chi connectivity index (χ4n) is 8.09. The Hall–Kier alpha value is -2.14. The summed E-state index contributed by atoms with van der Waals surface area (Å²) < 4.78 is 17.4. The first-order valence-electron chi connectivity index (χ1n) is 28.2.